The van der Waals surface area contributed by atoms with Gasteiger partial charge in [-0.05, 0) is 26.3 Å². The van der Waals surface area contributed by atoms with Gasteiger partial charge in [-0.1, -0.05) is 29.3 Å². The van der Waals surface area contributed by atoms with E-state index in [2.05, 4.69) is 47.8 Å². The van der Waals surface area contributed by atoms with Crippen LogP contribution in [0.4, 0.5) is 10.6 Å². The number of anilines is 1. The first-order valence-electron chi connectivity index (χ1n) is 6.59. The van der Waals surface area contributed by atoms with E-state index in [0.717, 1.165) is 5.56 Å². The maximum atomic E-state index is 11.9. The molecule has 0 aliphatic rings. The first kappa shape index (κ1) is 14.1. The molecule has 2 amide bonds. The number of hydrogen-bond acceptors (Lipinski definition) is 2. The fraction of sp³-hybridized carbons (Fsp3) is 0.333. The summed E-state index contributed by atoms with van der Waals surface area (Å²) in [7, 11) is 1.81. The standard InChI is InChI=1S/C15H20N4O/c1-10-7-11(2)9-13(8-10)12(3)16-15(20)17-14-5-6-19(4)18-14/h5-9,12H,1-4H3,(H2,16,17,18,20). The number of rotatable bonds is 3. The van der Waals surface area contributed by atoms with Crippen LogP contribution in [0.2, 0.25) is 0 Å². The SMILES string of the molecule is Cc1cc(C)cc(C(C)NC(=O)Nc2ccn(C)n2)c1. The van der Waals surface area contributed by atoms with Crippen LogP contribution in [0.5, 0.6) is 0 Å². The van der Waals surface area contributed by atoms with E-state index >= 15 is 0 Å². The lowest BCUT2D eigenvalue weighted by Gasteiger charge is -2.15. The Kier molecular flexibility index (Phi) is 4.08. The third-order valence-electron chi connectivity index (χ3n) is 3.05. The lowest BCUT2D eigenvalue weighted by atomic mass is 10.0. The van der Waals surface area contributed by atoms with Gasteiger partial charge in [0.1, 0.15) is 0 Å². The highest BCUT2D eigenvalue weighted by Gasteiger charge is 2.11. The van der Waals surface area contributed by atoms with Crippen molar-refractivity contribution >= 4 is 11.8 Å². The van der Waals surface area contributed by atoms with Gasteiger partial charge in [-0.2, -0.15) is 5.10 Å². The van der Waals surface area contributed by atoms with Gasteiger partial charge < -0.3 is 5.32 Å². The molecule has 0 fully saturated rings. The molecular formula is C15H20N4O. The summed E-state index contributed by atoms with van der Waals surface area (Å²) in [6.45, 7) is 6.07. The number of nitrogens with zero attached hydrogens (tertiary/aromatic N) is 2. The Morgan fingerprint density at radius 2 is 1.90 bits per heavy atom. The highest BCUT2D eigenvalue weighted by atomic mass is 16.2. The number of carbonyl (C=O) groups excluding carboxylic acids is 1. The van der Waals surface area contributed by atoms with Crippen LogP contribution in [0.3, 0.4) is 0 Å². The number of benzene rings is 1. The second kappa shape index (κ2) is 5.77. The fourth-order valence-electron chi connectivity index (χ4n) is 2.17. The van der Waals surface area contributed by atoms with Crippen molar-refractivity contribution in [2.24, 2.45) is 7.05 Å². The molecule has 0 radical (unpaired) electrons. The van der Waals surface area contributed by atoms with Crippen LogP contribution in [0.15, 0.2) is 30.5 Å². The fourth-order valence-corrected chi connectivity index (χ4v) is 2.17. The van der Waals surface area contributed by atoms with Gasteiger partial charge in [0.05, 0.1) is 6.04 Å². The third-order valence-corrected chi connectivity index (χ3v) is 3.05. The molecular weight excluding hydrogens is 252 g/mol. The average molecular weight is 272 g/mol. The zero-order valence-corrected chi connectivity index (χ0v) is 12.3. The molecule has 106 valence electrons. The maximum Gasteiger partial charge on any atom is 0.320 e. The Labute approximate surface area is 119 Å². The molecule has 1 heterocycles. The van der Waals surface area contributed by atoms with Crippen molar-refractivity contribution < 1.29 is 4.79 Å². The number of amides is 2. The summed E-state index contributed by atoms with van der Waals surface area (Å²) in [6, 6.07) is 7.72. The van der Waals surface area contributed by atoms with E-state index in [0.29, 0.717) is 5.82 Å². The van der Waals surface area contributed by atoms with Crippen molar-refractivity contribution in [3.63, 3.8) is 0 Å². The Morgan fingerprint density at radius 3 is 2.45 bits per heavy atom. The van der Waals surface area contributed by atoms with Gasteiger partial charge in [0, 0.05) is 19.3 Å². The summed E-state index contributed by atoms with van der Waals surface area (Å²) in [4.78, 5) is 11.9. The lowest BCUT2D eigenvalue weighted by Crippen LogP contribution is -2.31. The Morgan fingerprint density at radius 1 is 1.25 bits per heavy atom. The monoisotopic (exact) mass is 272 g/mol. The van der Waals surface area contributed by atoms with E-state index < -0.39 is 0 Å². The Balaban J connectivity index is 2.00. The Bertz CT molecular complexity index is 598. The molecule has 0 saturated carbocycles. The minimum absolute atomic E-state index is 0.0580. The van der Waals surface area contributed by atoms with E-state index in [1.165, 1.54) is 11.1 Å². The van der Waals surface area contributed by atoms with Gasteiger partial charge in [-0.15, -0.1) is 0 Å². The number of aryl methyl sites for hydroxylation is 3. The van der Waals surface area contributed by atoms with Crippen LogP contribution in [-0.4, -0.2) is 15.8 Å². The average Bonchev–Trinajstić information content (AvgIpc) is 2.73. The van der Waals surface area contributed by atoms with Gasteiger partial charge in [-0.25, -0.2) is 4.79 Å². The molecule has 1 aromatic heterocycles. The van der Waals surface area contributed by atoms with Crippen LogP contribution in [0.25, 0.3) is 0 Å². The maximum absolute atomic E-state index is 11.9. The molecule has 2 rings (SSSR count). The van der Waals surface area contributed by atoms with Crippen molar-refractivity contribution in [2.45, 2.75) is 26.8 Å². The Hall–Kier alpha value is -2.30. The van der Waals surface area contributed by atoms with Crippen LogP contribution in [0, 0.1) is 13.8 Å². The van der Waals surface area contributed by atoms with Crippen LogP contribution < -0.4 is 10.6 Å². The first-order chi connectivity index (χ1) is 9.44. The number of aromatic nitrogens is 2. The number of hydrogen-bond donors (Lipinski definition) is 2. The van der Waals surface area contributed by atoms with Crippen LogP contribution >= 0.6 is 0 Å². The number of nitrogens with one attached hydrogen (secondary N) is 2. The van der Waals surface area contributed by atoms with Crippen molar-refractivity contribution in [1.29, 1.82) is 0 Å². The lowest BCUT2D eigenvalue weighted by molar-refractivity contribution is 0.249. The summed E-state index contributed by atoms with van der Waals surface area (Å²) in [6.07, 6.45) is 1.78. The number of carbonyl (C=O) groups is 1. The van der Waals surface area contributed by atoms with E-state index in [9.17, 15) is 4.79 Å². The van der Waals surface area contributed by atoms with Gasteiger partial charge in [0.15, 0.2) is 5.82 Å². The van der Waals surface area contributed by atoms with Gasteiger partial charge in [0.25, 0.3) is 0 Å². The molecule has 5 heteroatoms. The molecule has 20 heavy (non-hydrogen) atoms. The topological polar surface area (TPSA) is 59.0 Å². The zero-order chi connectivity index (χ0) is 14.7. The summed E-state index contributed by atoms with van der Waals surface area (Å²) in [5, 5.41) is 9.72. The molecule has 0 aliphatic heterocycles. The van der Waals surface area contributed by atoms with E-state index in [-0.39, 0.29) is 12.1 Å². The molecule has 1 unspecified atom stereocenters. The van der Waals surface area contributed by atoms with Crippen LogP contribution in [-0.2, 0) is 7.05 Å². The molecule has 1 aromatic carbocycles. The summed E-state index contributed by atoms with van der Waals surface area (Å²) >= 11 is 0. The molecule has 5 nitrogen and oxygen atoms in total. The minimum atomic E-state index is -0.254. The largest absolute Gasteiger partial charge is 0.331 e. The zero-order valence-electron chi connectivity index (χ0n) is 12.3. The minimum Gasteiger partial charge on any atom is -0.331 e. The van der Waals surface area contributed by atoms with E-state index in [4.69, 9.17) is 0 Å². The molecule has 0 bridgehead atoms. The number of urea groups is 1. The molecule has 0 aliphatic carbocycles. The van der Waals surface area contributed by atoms with Gasteiger partial charge in [-0.3, -0.25) is 10.00 Å². The molecule has 2 N–H and O–H groups in total. The summed E-state index contributed by atoms with van der Waals surface area (Å²) < 4.78 is 1.64. The van der Waals surface area contributed by atoms with Gasteiger partial charge in [0.2, 0.25) is 0 Å². The highest BCUT2D eigenvalue weighted by Crippen LogP contribution is 2.16. The van der Waals surface area contributed by atoms with E-state index in [1.807, 2.05) is 6.92 Å². The second-order valence-electron chi connectivity index (χ2n) is 5.12. The highest BCUT2D eigenvalue weighted by molar-refractivity contribution is 5.88. The third kappa shape index (κ3) is 3.60. The molecule has 1 atom stereocenters. The van der Waals surface area contributed by atoms with Crippen LogP contribution in [0.1, 0.15) is 29.7 Å². The van der Waals surface area contributed by atoms with E-state index in [1.54, 1.807) is 24.0 Å². The van der Waals surface area contributed by atoms with Gasteiger partial charge >= 0.3 is 6.03 Å². The normalized spacial score (nSPS) is 12.0. The molecule has 0 saturated heterocycles. The summed E-state index contributed by atoms with van der Waals surface area (Å²) in [5.74, 6) is 0.539. The van der Waals surface area contributed by atoms with Crippen molar-refractivity contribution in [3.05, 3.63) is 47.2 Å². The first-order valence-corrected chi connectivity index (χ1v) is 6.59. The molecule has 0 spiro atoms. The van der Waals surface area contributed by atoms with Crippen molar-refractivity contribution in [1.82, 2.24) is 15.1 Å². The second-order valence-corrected chi connectivity index (χ2v) is 5.12. The summed E-state index contributed by atoms with van der Waals surface area (Å²) in [5.41, 5.74) is 3.48. The quantitative estimate of drug-likeness (QED) is 0.902. The van der Waals surface area contributed by atoms with Crippen molar-refractivity contribution in [3.8, 4) is 0 Å². The molecule has 2 aromatic rings. The smallest absolute Gasteiger partial charge is 0.320 e. The predicted molar refractivity (Wildman–Crippen MR) is 79.7 cm³/mol. The predicted octanol–water partition coefficient (Wildman–Crippen LogP) is 2.92. The van der Waals surface area contributed by atoms with Crippen molar-refractivity contribution in [2.75, 3.05) is 5.32 Å².